The van der Waals surface area contributed by atoms with E-state index in [1.165, 1.54) is 0 Å². The lowest BCUT2D eigenvalue weighted by molar-refractivity contribution is -0.121. The molecule has 0 radical (unpaired) electrons. The van der Waals surface area contributed by atoms with Crippen LogP contribution in [0.25, 0.3) is 0 Å². The summed E-state index contributed by atoms with van der Waals surface area (Å²) in [4.78, 5) is 13.1. The summed E-state index contributed by atoms with van der Waals surface area (Å²) in [6.07, 6.45) is 0.459. The van der Waals surface area contributed by atoms with Gasteiger partial charge in [-0.3, -0.25) is 4.79 Å². The molecule has 2 rings (SSSR count). The van der Waals surface area contributed by atoms with E-state index < -0.39 is 0 Å². The molecule has 0 fully saturated rings. The Hall–Kier alpha value is -1.85. The first-order valence-electron chi connectivity index (χ1n) is 8.01. The van der Waals surface area contributed by atoms with Gasteiger partial charge in [-0.1, -0.05) is 11.6 Å². The molecule has 25 heavy (non-hydrogen) atoms. The van der Waals surface area contributed by atoms with Gasteiger partial charge in [-0.25, -0.2) is 0 Å². The first-order chi connectivity index (χ1) is 12.1. The van der Waals surface area contributed by atoms with Crippen LogP contribution in [0.3, 0.4) is 0 Å². The standard InChI is InChI=1S/C19H22ClNO3S/c1-14(13-24-17-7-5-16(23-2)6-8-17)21-19(22)11-12-25-18-9-3-15(20)4-10-18/h3-10,14H,11-13H2,1-2H3,(H,21,22)/t14-/m0/s1. The fourth-order valence-corrected chi connectivity index (χ4v) is 3.05. The highest BCUT2D eigenvalue weighted by Crippen LogP contribution is 2.21. The van der Waals surface area contributed by atoms with Crippen LogP contribution in [0.4, 0.5) is 0 Å². The number of amides is 1. The van der Waals surface area contributed by atoms with Crippen LogP contribution in [0.2, 0.25) is 5.02 Å². The highest BCUT2D eigenvalue weighted by Gasteiger charge is 2.08. The zero-order chi connectivity index (χ0) is 18.1. The summed E-state index contributed by atoms with van der Waals surface area (Å²) in [7, 11) is 1.62. The molecule has 0 saturated heterocycles. The molecule has 0 heterocycles. The van der Waals surface area contributed by atoms with Crippen molar-refractivity contribution in [3.63, 3.8) is 0 Å². The first kappa shape index (κ1) is 19.5. The Kier molecular flexibility index (Phi) is 7.95. The minimum absolute atomic E-state index is 0.0206. The van der Waals surface area contributed by atoms with Crippen molar-refractivity contribution in [1.29, 1.82) is 0 Å². The summed E-state index contributed by atoms with van der Waals surface area (Å²) >= 11 is 7.49. The van der Waals surface area contributed by atoms with E-state index in [-0.39, 0.29) is 11.9 Å². The van der Waals surface area contributed by atoms with E-state index in [1.54, 1.807) is 18.9 Å². The summed E-state index contributed by atoms with van der Waals surface area (Å²) in [6.45, 7) is 2.34. The van der Waals surface area contributed by atoms with Crippen LogP contribution < -0.4 is 14.8 Å². The Morgan fingerprint density at radius 1 is 1.12 bits per heavy atom. The van der Waals surface area contributed by atoms with Crippen LogP contribution in [0.15, 0.2) is 53.4 Å². The number of carbonyl (C=O) groups is 1. The number of rotatable bonds is 9. The number of halogens is 1. The maximum absolute atomic E-state index is 12.0. The smallest absolute Gasteiger partial charge is 0.221 e. The van der Waals surface area contributed by atoms with Crippen molar-refractivity contribution in [3.05, 3.63) is 53.6 Å². The summed E-state index contributed by atoms with van der Waals surface area (Å²) in [5, 5.41) is 3.66. The van der Waals surface area contributed by atoms with Crippen molar-refractivity contribution in [2.75, 3.05) is 19.5 Å². The number of hydrogen-bond acceptors (Lipinski definition) is 4. The van der Waals surface area contributed by atoms with Gasteiger partial charge in [-0.15, -0.1) is 11.8 Å². The van der Waals surface area contributed by atoms with Gasteiger partial charge in [0.1, 0.15) is 18.1 Å². The van der Waals surface area contributed by atoms with Crippen molar-refractivity contribution in [1.82, 2.24) is 5.32 Å². The Morgan fingerprint density at radius 2 is 1.76 bits per heavy atom. The lowest BCUT2D eigenvalue weighted by Gasteiger charge is -2.15. The Bertz CT molecular complexity index is 661. The normalized spacial score (nSPS) is 11.6. The van der Waals surface area contributed by atoms with Crippen molar-refractivity contribution in [2.24, 2.45) is 0 Å². The zero-order valence-corrected chi connectivity index (χ0v) is 15.9. The predicted molar refractivity (Wildman–Crippen MR) is 103 cm³/mol. The molecule has 1 amide bonds. The second-order valence-electron chi connectivity index (χ2n) is 5.51. The van der Waals surface area contributed by atoms with Gasteiger partial charge in [-0.05, 0) is 55.5 Å². The third-order valence-electron chi connectivity index (χ3n) is 3.38. The Morgan fingerprint density at radius 3 is 2.40 bits per heavy atom. The molecule has 0 aliphatic rings. The quantitative estimate of drug-likeness (QED) is 0.655. The van der Waals surface area contributed by atoms with E-state index in [2.05, 4.69) is 5.32 Å². The average molecular weight is 380 g/mol. The molecule has 134 valence electrons. The minimum Gasteiger partial charge on any atom is -0.497 e. The second-order valence-corrected chi connectivity index (χ2v) is 7.11. The molecule has 0 saturated carbocycles. The molecule has 0 bridgehead atoms. The van der Waals surface area contributed by atoms with Crippen molar-refractivity contribution in [2.45, 2.75) is 24.3 Å². The third kappa shape index (κ3) is 7.28. The molecule has 6 heteroatoms. The number of hydrogen-bond donors (Lipinski definition) is 1. The van der Waals surface area contributed by atoms with Crippen LogP contribution in [0, 0.1) is 0 Å². The van der Waals surface area contributed by atoms with E-state index in [9.17, 15) is 4.79 Å². The summed E-state index contributed by atoms with van der Waals surface area (Å²) < 4.78 is 10.8. The third-order valence-corrected chi connectivity index (χ3v) is 4.64. The zero-order valence-electron chi connectivity index (χ0n) is 14.3. The number of carbonyl (C=O) groups excluding carboxylic acids is 1. The van der Waals surface area contributed by atoms with Crippen LogP contribution in [0.1, 0.15) is 13.3 Å². The van der Waals surface area contributed by atoms with Crippen LogP contribution in [-0.2, 0) is 4.79 Å². The number of benzene rings is 2. The van der Waals surface area contributed by atoms with Crippen molar-refractivity contribution >= 4 is 29.3 Å². The van der Waals surface area contributed by atoms with Gasteiger partial charge < -0.3 is 14.8 Å². The maximum Gasteiger partial charge on any atom is 0.221 e. The van der Waals surface area contributed by atoms with Gasteiger partial charge in [0.2, 0.25) is 5.91 Å². The Labute approximate surface area is 157 Å². The number of thioether (sulfide) groups is 1. The molecule has 0 unspecified atom stereocenters. The predicted octanol–water partition coefficient (Wildman–Crippen LogP) is 4.41. The molecule has 2 aromatic carbocycles. The van der Waals surface area contributed by atoms with Gasteiger partial charge in [0.15, 0.2) is 0 Å². The lowest BCUT2D eigenvalue weighted by atomic mass is 10.3. The van der Waals surface area contributed by atoms with E-state index >= 15 is 0 Å². The molecule has 1 N–H and O–H groups in total. The van der Waals surface area contributed by atoms with Gasteiger partial charge in [0.05, 0.1) is 13.2 Å². The number of nitrogens with one attached hydrogen (secondary N) is 1. The molecule has 0 spiro atoms. The van der Waals surface area contributed by atoms with Crippen LogP contribution in [-0.4, -0.2) is 31.4 Å². The SMILES string of the molecule is COc1ccc(OC[C@H](C)NC(=O)CCSc2ccc(Cl)cc2)cc1. The van der Waals surface area contributed by atoms with E-state index in [0.717, 1.165) is 22.1 Å². The average Bonchev–Trinajstić information content (AvgIpc) is 2.62. The fraction of sp³-hybridized carbons (Fsp3) is 0.316. The van der Waals surface area contributed by atoms with Crippen LogP contribution >= 0.6 is 23.4 Å². The van der Waals surface area contributed by atoms with Gasteiger partial charge in [0, 0.05) is 22.1 Å². The highest BCUT2D eigenvalue weighted by molar-refractivity contribution is 7.99. The summed E-state index contributed by atoms with van der Waals surface area (Å²) in [6, 6.07) is 14.9. The topological polar surface area (TPSA) is 47.6 Å². The van der Waals surface area contributed by atoms with E-state index in [1.807, 2.05) is 55.5 Å². The molecule has 1 atom stereocenters. The fourth-order valence-electron chi connectivity index (χ4n) is 2.07. The summed E-state index contributed by atoms with van der Waals surface area (Å²) in [5.74, 6) is 2.28. The van der Waals surface area contributed by atoms with Crippen LogP contribution in [0.5, 0.6) is 11.5 Å². The molecule has 0 aliphatic carbocycles. The number of methoxy groups -OCH3 is 1. The first-order valence-corrected chi connectivity index (χ1v) is 9.38. The highest BCUT2D eigenvalue weighted by atomic mass is 35.5. The number of ether oxygens (including phenoxy) is 2. The van der Waals surface area contributed by atoms with E-state index in [0.29, 0.717) is 18.1 Å². The molecular weight excluding hydrogens is 358 g/mol. The largest absolute Gasteiger partial charge is 0.497 e. The monoisotopic (exact) mass is 379 g/mol. The molecule has 2 aromatic rings. The van der Waals surface area contributed by atoms with Crippen molar-refractivity contribution < 1.29 is 14.3 Å². The minimum atomic E-state index is -0.0601. The molecule has 4 nitrogen and oxygen atoms in total. The van der Waals surface area contributed by atoms with Gasteiger partial charge in [0.25, 0.3) is 0 Å². The van der Waals surface area contributed by atoms with Gasteiger partial charge >= 0.3 is 0 Å². The second kappa shape index (κ2) is 10.2. The van der Waals surface area contributed by atoms with Gasteiger partial charge in [-0.2, -0.15) is 0 Å². The molecule has 0 aromatic heterocycles. The maximum atomic E-state index is 12.0. The lowest BCUT2D eigenvalue weighted by Crippen LogP contribution is -2.36. The van der Waals surface area contributed by atoms with E-state index in [4.69, 9.17) is 21.1 Å². The summed E-state index contributed by atoms with van der Waals surface area (Å²) in [5.41, 5.74) is 0. The molecular formula is C19H22ClNO3S. The van der Waals surface area contributed by atoms with Crippen molar-refractivity contribution in [3.8, 4) is 11.5 Å². The molecule has 0 aliphatic heterocycles. The Balaban J connectivity index is 1.64.